The van der Waals surface area contributed by atoms with Crippen LogP contribution in [0.15, 0.2) is 4.63 Å². The lowest BCUT2D eigenvalue weighted by Crippen LogP contribution is -2.44. The van der Waals surface area contributed by atoms with Crippen LogP contribution in [0.5, 0.6) is 0 Å². The quantitative estimate of drug-likeness (QED) is 0.813. The summed E-state index contributed by atoms with van der Waals surface area (Å²) in [6, 6.07) is -1.04. The van der Waals surface area contributed by atoms with Gasteiger partial charge in [-0.15, -0.1) is 0 Å². The van der Waals surface area contributed by atoms with Gasteiger partial charge in [0.1, 0.15) is 23.0 Å². The molecule has 1 amide bonds. The summed E-state index contributed by atoms with van der Waals surface area (Å²) >= 11 is 1.31. The normalized spacial score (nSPS) is 12.8. The van der Waals surface area contributed by atoms with Crippen molar-refractivity contribution in [1.29, 1.82) is 0 Å². The molecule has 0 aliphatic rings. The summed E-state index contributed by atoms with van der Waals surface area (Å²) in [6.07, 6.45) is -0.755. The second-order valence-corrected chi connectivity index (χ2v) is 6.38. The van der Waals surface area contributed by atoms with Gasteiger partial charge in [-0.2, -0.15) is 11.8 Å². The molecule has 0 radical (unpaired) electrons. The van der Waals surface area contributed by atoms with Gasteiger partial charge in [-0.1, -0.05) is 10.3 Å². The number of ether oxygens (including phenoxy) is 1. The third-order valence-corrected chi connectivity index (χ3v) is 3.31. The summed E-state index contributed by atoms with van der Waals surface area (Å²) in [7, 11) is 0. The van der Waals surface area contributed by atoms with E-state index in [9.17, 15) is 9.59 Å². The first-order valence-corrected chi connectivity index (χ1v) is 7.42. The number of nitrogens with one attached hydrogen (secondary N) is 1. The van der Waals surface area contributed by atoms with Crippen molar-refractivity contribution in [1.82, 2.24) is 15.6 Å². The predicted octanol–water partition coefficient (Wildman–Crippen LogP) is 1.59. The maximum Gasteiger partial charge on any atom is 0.408 e. The summed E-state index contributed by atoms with van der Waals surface area (Å²) in [6.45, 7) is 6.87. The lowest BCUT2D eigenvalue weighted by Gasteiger charge is -2.21. The van der Waals surface area contributed by atoms with E-state index >= 15 is 0 Å². The van der Waals surface area contributed by atoms with Crippen molar-refractivity contribution in [2.75, 3.05) is 5.75 Å². The van der Waals surface area contributed by atoms with Crippen LogP contribution in [0.3, 0.4) is 0 Å². The molecular formula is C12H19N3O5S. The second-order valence-electron chi connectivity index (χ2n) is 5.35. The average molecular weight is 317 g/mol. The lowest BCUT2D eigenvalue weighted by molar-refractivity contribution is -0.138. The van der Waals surface area contributed by atoms with Crippen LogP contribution in [0.1, 0.15) is 32.2 Å². The molecule has 0 spiro atoms. The number of aliphatic carboxylic acids is 1. The first-order valence-electron chi connectivity index (χ1n) is 6.27. The van der Waals surface area contributed by atoms with Crippen LogP contribution in [0, 0.1) is 6.92 Å². The Hall–Kier alpha value is -1.77. The molecule has 21 heavy (non-hydrogen) atoms. The molecule has 0 aliphatic carbocycles. The molecular weight excluding hydrogens is 298 g/mol. The SMILES string of the molecule is Cc1nonc1CSCC(NC(=O)OC(C)(C)C)C(=O)O. The molecule has 1 aromatic rings. The molecule has 0 aromatic carbocycles. The molecule has 1 rings (SSSR count). The summed E-state index contributed by atoms with van der Waals surface area (Å²) in [5, 5.41) is 18.8. The topological polar surface area (TPSA) is 115 Å². The van der Waals surface area contributed by atoms with Crippen molar-refractivity contribution in [3.8, 4) is 0 Å². The number of hydrogen-bond donors (Lipinski definition) is 2. The zero-order valence-corrected chi connectivity index (χ0v) is 13.2. The minimum Gasteiger partial charge on any atom is -0.480 e. The summed E-state index contributed by atoms with van der Waals surface area (Å²) in [5.41, 5.74) is 0.639. The molecule has 0 bridgehead atoms. The largest absolute Gasteiger partial charge is 0.480 e. The molecule has 0 fully saturated rings. The van der Waals surface area contributed by atoms with E-state index in [0.717, 1.165) is 0 Å². The Morgan fingerprint density at radius 1 is 1.43 bits per heavy atom. The summed E-state index contributed by atoms with van der Waals surface area (Å²) in [5.74, 6) is -0.487. The number of aryl methyl sites for hydroxylation is 1. The van der Waals surface area contributed by atoms with E-state index in [1.54, 1.807) is 27.7 Å². The molecule has 2 N–H and O–H groups in total. The van der Waals surface area contributed by atoms with Crippen molar-refractivity contribution in [2.24, 2.45) is 0 Å². The van der Waals surface area contributed by atoms with Gasteiger partial charge in [0.15, 0.2) is 0 Å². The monoisotopic (exact) mass is 317 g/mol. The molecule has 0 aliphatic heterocycles. The van der Waals surface area contributed by atoms with Gasteiger partial charge in [0, 0.05) is 11.5 Å². The van der Waals surface area contributed by atoms with Crippen LogP contribution in [0.2, 0.25) is 0 Å². The van der Waals surface area contributed by atoms with Crippen LogP contribution in [-0.2, 0) is 15.3 Å². The van der Waals surface area contributed by atoms with E-state index in [-0.39, 0.29) is 5.75 Å². The van der Waals surface area contributed by atoms with Gasteiger partial charge in [-0.05, 0) is 27.7 Å². The Balaban J connectivity index is 2.45. The smallest absolute Gasteiger partial charge is 0.408 e. The van der Waals surface area contributed by atoms with Gasteiger partial charge >= 0.3 is 12.1 Å². The number of alkyl carbamates (subject to hydrolysis) is 1. The van der Waals surface area contributed by atoms with Crippen LogP contribution in [0.4, 0.5) is 4.79 Å². The fourth-order valence-electron chi connectivity index (χ4n) is 1.28. The van der Waals surface area contributed by atoms with Gasteiger partial charge in [-0.25, -0.2) is 14.2 Å². The van der Waals surface area contributed by atoms with E-state index in [1.165, 1.54) is 11.8 Å². The fourth-order valence-corrected chi connectivity index (χ4v) is 2.31. The van der Waals surface area contributed by atoms with Gasteiger partial charge in [-0.3, -0.25) is 0 Å². The maximum absolute atomic E-state index is 11.6. The van der Waals surface area contributed by atoms with Crippen molar-refractivity contribution in [3.05, 3.63) is 11.4 Å². The third kappa shape index (κ3) is 6.48. The minimum atomic E-state index is -1.12. The van der Waals surface area contributed by atoms with Gasteiger partial charge < -0.3 is 15.2 Å². The maximum atomic E-state index is 11.6. The molecule has 9 heteroatoms. The highest BCUT2D eigenvalue weighted by Crippen LogP contribution is 2.14. The summed E-state index contributed by atoms with van der Waals surface area (Å²) in [4.78, 5) is 22.7. The van der Waals surface area contributed by atoms with Crippen molar-refractivity contribution in [3.63, 3.8) is 0 Å². The number of carboxylic acids is 1. The van der Waals surface area contributed by atoms with Crippen LogP contribution in [-0.4, -0.2) is 44.9 Å². The number of carboxylic acid groups (broad SMARTS) is 1. The number of nitrogens with zero attached hydrogens (tertiary/aromatic N) is 2. The highest BCUT2D eigenvalue weighted by atomic mass is 32.2. The predicted molar refractivity (Wildman–Crippen MR) is 76.0 cm³/mol. The average Bonchev–Trinajstić information content (AvgIpc) is 2.71. The first-order chi connectivity index (χ1) is 9.69. The van der Waals surface area contributed by atoms with Gasteiger partial charge in [0.25, 0.3) is 0 Å². The van der Waals surface area contributed by atoms with E-state index in [2.05, 4.69) is 20.3 Å². The number of rotatable bonds is 6. The second kappa shape index (κ2) is 7.30. The van der Waals surface area contributed by atoms with E-state index in [0.29, 0.717) is 17.1 Å². The molecule has 8 nitrogen and oxygen atoms in total. The molecule has 0 saturated carbocycles. The third-order valence-electron chi connectivity index (χ3n) is 2.26. The van der Waals surface area contributed by atoms with E-state index < -0.39 is 23.7 Å². The van der Waals surface area contributed by atoms with E-state index in [4.69, 9.17) is 9.84 Å². The zero-order valence-electron chi connectivity index (χ0n) is 12.4. The zero-order chi connectivity index (χ0) is 16.0. The van der Waals surface area contributed by atoms with E-state index in [1.807, 2.05) is 0 Å². The Morgan fingerprint density at radius 3 is 2.57 bits per heavy atom. The molecule has 1 atom stereocenters. The van der Waals surface area contributed by atoms with Crippen molar-refractivity contribution in [2.45, 2.75) is 45.1 Å². The summed E-state index contributed by atoms with van der Waals surface area (Å²) < 4.78 is 9.58. The van der Waals surface area contributed by atoms with Crippen molar-refractivity contribution < 1.29 is 24.1 Å². The molecule has 1 aromatic heterocycles. The fraction of sp³-hybridized carbons (Fsp3) is 0.667. The first kappa shape index (κ1) is 17.3. The Labute approximate surface area is 126 Å². The molecule has 0 saturated heterocycles. The molecule has 1 unspecified atom stereocenters. The number of hydrogen-bond acceptors (Lipinski definition) is 7. The standard InChI is InChI=1S/C12H19N3O5S/c1-7-8(15-20-14-7)5-21-6-9(10(16)17)13-11(18)19-12(2,3)4/h9H,5-6H2,1-4H3,(H,13,18)(H,16,17). The van der Waals surface area contributed by atoms with Crippen LogP contribution in [0.25, 0.3) is 0 Å². The van der Waals surface area contributed by atoms with Crippen LogP contribution >= 0.6 is 11.8 Å². The Kier molecular flexibility index (Phi) is 6.01. The number of thioether (sulfide) groups is 1. The number of amides is 1. The lowest BCUT2D eigenvalue weighted by atomic mass is 10.2. The van der Waals surface area contributed by atoms with Crippen LogP contribution < -0.4 is 5.32 Å². The highest BCUT2D eigenvalue weighted by Gasteiger charge is 2.24. The molecule has 118 valence electrons. The Morgan fingerprint density at radius 2 is 2.10 bits per heavy atom. The number of aromatic nitrogens is 2. The Bertz CT molecular complexity index is 497. The van der Waals surface area contributed by atoms with Crippen molar-refractivity contribution >= 4 is 23.8 Å². The highest BCUT2D eigenvalue weighted by molar-refractivity contribution is 7.98. The molecule has 1 heterocycles. The van der Waals surface area contributed by atoms with Gasteiger partial charge in [0.05, 0.1) is 0 Å². The number of carbonyl (C=O) groups excluding carboxylic acids is 1. The number of carbonyl (C=O) groups is 2. The minimum absolute atomic E-state index is 0.181. The van der Waals surface area contributed by atoms with Gasteiger partial charge in [0.2, 0.25) is 0 Å².